The van der Waals surface area contributed by atoms with E-state index in [-0.39, 0.29) is 11.5 Å². The quantitative estimate of drug-likeness (QED) is 0.482. The first-order valence-electron chi connectivity index (χ1n) is 5.86. The van der Waals surface area contributed by atoms with Crippen molar-refractivity contribution in [2.45, 2.75) is 20.8 Å². The molecular formula is C14H14N2O3. The SMILES string of the molecule is CC(=O)c1cc(C)n(-c2ccc([N+](=O)[O-])cc2)c1C. The van der Waals surface area contributed by atoms with E-state index >= 15 is 0 Å². The van der Waals surface area contributed by atoms with E-state index in [9.17, 15) is 14.9 Å². The van der Waals surface area contributed by atoms with Crippen LogP contribution in [0, 0.1) is 24.0 Å². The molecule has 5 nitrogen and oxygen atoms in total. The molecular weight excluding hydrogens is 244 g/mol. The van der Waals surface area contributed by atoms with Gasteiger partial charge in [0.15, 0.2) is 5.78 Å². The monoisotopic (exact) mass is 258 g/mol. The van der Waals surface area contributed by atoms with Crippen LogP contribution in [0.25, 0.3) is 5.69 Å². The lowest BCUT2D eigenvalue weighted by Gasteiger charge is -2.09. The number of nitrogens with zero attached hydrogens (tertiary/aromatic N) is 2. The molecule has 0 saturated carbocycles. The molecule has 19 heavy (non-hydrogen) atoms. The maximum atomic E-state index is 11.5. The molecule has 0 unspecified atom stereocenters. The van der Waals surface area contributed by atoms with E-state index in [1.165, 1.54) is 19.1 Å². The van der Waals surface area contributed by atoms with Crippen LogP contribution < -0.4 is 0 Å². The molecule has 2 rings (SSSR count). The van der Waals surface area contributed by atoms with Crippen LogP contribution in [-0.4, -0.2) is 15.3 Å². The van der Waals surface area contributed by atoms with Gasteiger partial charge in [-0.15, -0.1) is 0 Å². The molecule has 0 saturated heterocycles. The minimum Gasteiger partial charge on any atom is -0.318 e. The molecule has 0 aliphatic heterocycles. The summed E-state index contributed by atoms with van der Waals surface area (Å²) in [4.78, 5) is 21.7. The van der Waals surface area contributed by atoms with Gasteiger partial charge in [0.2, 0.25) is 0 Å². The number of non-ortho nitro benzene ring substituents is 1. The lowest BCUT2D eigenvalue weighted by molar-refractivity contribution is -0.384. The molecule has 0 bridgehead atoms. The summed E-state index contributed by atoms with van der Waals surface area (Å²) in [6.45, 7) is 5.30. The van der Waals surface area contributed by atoms with E-state index in [2.05, 4.69) is 0 Å². The Hall–Kier alpha value is -2.43. The number of Topliss-reactive ketones (excluding diaryl/α,β-unsaturated/α-hetero) is 1. The summed E-state index contributed by atoms with van der Waals surface area (Å²) in [5.41, 5.74) is 3.32. The van der Waals surface area contributed by atoms with Gasteiger partial charge in [-0.05, 0) is 39.0 Å². The first kappa shape index (κ1) is 13.0. The van der Waals surface area contributed by atoms with Crippen LogP contribution in [0.2, 0.25) is 0 Å². The lowest BCUT2D eigenvalue weighted by Crippen LogP contribution is -2.01. The number of ketones is 1. The second-order valence-corrected chi connectivity index (χ2v) is 4.45. The Morgan fingerprint density at radius 1 is 1.21 bits per heavy atom. The Morgan fingerprint density at radius 3 is 2.21 bits per heavy atom. The normalized spacial score (nSPS) is 10.5. The summed E-state index contributed by atoms with van der Waals surface area (Å²) in [6.07, 6.45) is 0. The van der Waals surface area contributed by atoms with Crippen LogP contribution in [0.1, 0.15) is 28.7 Å². The topological polar surface area (TPSA) is 65.1 Å². The van der Waals surface area contributed by atoms with Gasteiger partial charge in [-0.25, -0.2) is 0 Å². The highest BCUT2D eigenvalue weighted by molar-refractivity contribution is 5.95. The number of aromatic nitrogens is 1. The molecule has 98 valence electrons. The fourth-order valence-electron chi connectivity index (χ4n) is 2.24. The summed E-state index contributed by atoms with van der Waals surface area (Å²) in [6, 6.07) is 8.12. The molecule has 0 spiro atoms. The van der Waals surface area contributed by atoms with Crippen LogP contribution in [0.5, 0.6) is 0 Å². The lowest BCUT2D eigenvalue weighted by atomic mass is 10.2. The number of nitro benzene ring substituents is 1. The van der Waals surface area contributed by atoms with Gasteiger partial charge >= 0.3 is 0 Å². The van der Waals surface area contributed by atoms with E-state index in [0.717, 1.165) is 17.1 Å². The Kier molecular flexibility index (Phi) is 3.21. The average molecular weight is 258 g/mol. The van der Waals surface area contributed by atoms with Crippen molar-refractivity contribution in [3.63, 3.8) is 0 Å². The zero-order valence-electron chi connectivity index (χ0n) is 11.0. The van der Waals surface area contributed by atoms with E-state index in [0.29, 0.717) is 5.56 Å². The van der Waals surface area contributed by atoms with Crippen molar-refractivity contribution in [3.05, 3.63) is 57.4 Å². The molecule has 1 aromatic heterocycles. The number of benzene rings is 1. The first-order chi connectivity index (χ1) is 8.91. The second kappa shape index (κ2) is 4.68. The van der Waals surface area contributed by atoms with E-state index < -0.39 is 4.92 Å². The Bertz CT molecular complexity index is 654. The number of rotatable bonds is 3. The first-order valence-corrected chi connectivity index (χ1v) is 5.86. The molecule has 0 fully saturated rings. The fourth-order valence-corrected chi connectivity index (χ4v) is 2.24. The van der Waals surface area contributed by atoms with Crippen molar-refractivity contribution >= 4 is 11.5 Å². The number of hydrogen-bond acceptors (Lipinski definition) is 3. The number of hydrogen-bond donors (Lipinski definition) is 0. The molecule has 1 aromatic carbocycles. The fraction of sp³-hybridized carbons (Fsp3) is 0.214. The smallest absolute Gasteiger partial charge is 0.269 e. The molecule has 0 N–H and O–H groups in total. The maximum Gasteiger partial charge on any atom is 0.269 e. The highest BCUT2D eigenvalue weighted by Gasteiger charge is 2.14. The number of nitro groups is 1. The summed E-state index contributed by atoms with van der Waals surface area (Å²) >= 11 is 0. The van der Waals surface area contributed by atoms with Gasteiger partial charge in [-0.2, -0.15) is 0 Å². The van der Waals surface area contributed by atoms with Crippen molar-refractivity contribution in [2.75, 3.05) is 0 Å². The second-order valence-electron chi connectivity index (χ2n) is 4.45. The van der Waals surface area contributed by atoms with Gasteiger partial charge in [0.25, 0.3) is 5.69 Å². The summed E-state index contributed by atoms with van der Waals surface area (Å²) in [5, 5.41) is 10.6. The molecule has 1 heterocycles. The molecule has 0 aliphatic rings. The van der Waals surface area contributed by atoms with Gasteiger partial charge in [-0.1, -0.05) is 0 Å². The molecule has 0 aliphatic carbocycles. The Balaban J connectivity index is 2.53. The van der Waals surface area contributed by atoms with Crippen LogP contribution in [0.4, 0.5) is 5.69 Å². The third-order valence-corrected chi connectivity index (χ3v) is 3.13. The largest absolute Gasteiger partial charge is 0.318 e. The number of aryl methyl sites for hydroxylation is 1. The zero-order chi connectivity index (χ0) is 14.2. The predicted octanol–water partition coefficient (Wildman–Crippen LogP) is 3.20. The average Bonchev–Trinajstić information content (AvgIpc) is 2.65. The van der Waals surface area contributed by atoms with Crippen LogP contribution in [0.15, 0.2) is 30.3 Å². The van der Waals surface area contributed by atoms with E-state index in [1.54, 1.807) is 12.1 Å². The molecule has 0 radical (unpaired) electrons. The summed E-state index contributed by atoms with van der Waals surface area (Å²) in [5.74, 6) is 0.0151. The third kappa shape index (κ3) is 2.27. The predicted molar refractivity (Wildman–Crippen MR) is 71.9 cm³/mol. The Morgan fingerprint density at radius 2 is 1.79 bits per heavy atom. The van der Waals surface area contributed by atoms with E-state index in [1.807, 2.05) is 24.5 Å². The highest BCUT2D eigenvalue weighted by atomic mass is 16.6. The van der Waals surface area contributed by atoms with Gasteiger partial charge < -0.3 is 4.57 Å². The van der Waals surface area contributed by atoms with Gasteiger partial charge in [0, 0.05) is 34.8 Å². The summed E-state index contributed by atoms with van der Waals surface area (Å²) in [7, 11) is 0. The van der Waals surface area contributed by atoms with Crippen molar-refractivity contribution in [3.8, 4) is 5.69 Å². The van der Waals surface area contributed by atoms with Crippen molar-refractivity contribution in [1.82, 2.24) is 4.57 Å². The minimum atomic E-state index is -0.430. The van der Waals surface area contributed by atoms with Crippen LogP contribution in [0.3, 0.4) is 0 Å². The van der Waals surface area contributed by atoms with Crippen LogP contribution >= 0.6 is 0 Å². The summed E-state index contributed by atoms with van der Waals surface area (Å²) < 4.78 is 1.92. The van der Waals surface area contributed by atoms with E-state index in [4.69, 9.17) is 0 Å². The maximum absolute atomic E-state index is 11.5. The molecule has 5 heteroatoms. The molecule has 0 amide bonds. The number of carbonyl (C=O) groups is 1. The van der Waals surface area contributed by atoms with Crippen molar-refractivity contribution in [1.29, 1.82) is 0 Å². The minimum absolute atomic E-state index is 0.0151. The molecule has 0 atom stereocenters. The van der Waals surface area contributed by atoms with Crippen molar-refractivity contribution < 1.29 is 9.72 Å². The standard InChI is InChI=1S/C14H14N2O3/c1-9-8-14(11(3)17)10(2)15(9)12-4-6-13(7-5-12)16(18)19/h4-8H,1-3H3. The van der Waals surface area contributed by atoms with Gasteiger partial charge in [0.05, 0.1) is 4.92 Å². The Labute approximate surface area is 110 Å². The number of carbonyl (C=O) groups excluding carboxylic acids is 1. The van der Waals surface area contributed by atoms with Crippen LogP contribution in [-0.2, 0) is 0 Å². The third-order valence-electron chi connectivity index (χ3n) is 3.13. The van der Waals surface area contributed by atoms with Gasteiger partial charge in [0.1, 0.15) is 0 Å². The molecule has 2 aromatic rings. The van der Waals surface area contributed by atoms with Gasteiger partial charge in [-0.3, -0.25) is 14.9 Å². The highest BCUT2D eigenvalue weighted by Crippen LogP contribution is 2.22. The zero-order valence-corrected chi connectivity index (χ0v) is 11.0. The van der Waals surface area contributed by atoms with Crippen molar-refractivity contribution in [2.24, 2.45) is 0 Å².